The number of amides is 2. The smallest absolute Gasteiger partial charge is 0.416 e. The summed E-state index contributed by atoms with van der Waals surface area (Å²) in [5.41, 5.74) is -3.38. The molecule has 9 nitrogen and oxygen atoms in total. The summed E-state index contributed by atoms with van der Waals surface area (Å²) < 4.78 is 79.2. The molecule has 0 aromatic heterocycles. The van der Waals surface area contributed by atoms with Crippen molar-refractivity contribution < 1.29 is 45.8 Å². The number of anilines is 1. The van der Waals surface area contributed by atoms with Crippen LogP contribution in [0.15, 0.2) is 47.5 Å². The van der Waals surface area contributed by atoms with Crippen molar-refractivity contribution in [2.45, 2.75) is 24.8 Å². The van der Waals surface area contributed by atoms with E-state index in [-0.39, 0.29) is 11.6 Å². The molecule has 0 aliphatic carbocycles. The average molecular weight is 545 g/mol. The van der Waals surface area contributed by atoms with Crippen LogP contribution < -0.4 is 21.3 Å². The van der Waals surface area contributed by atoms with Crippen LogP contribution in [0.3, 0.4) is 0 Å². The highest BCUT2D eigenvalue weighted by atomic mass is 19.4. The quantitative estimate of drug-likeness (QED) is 0.324. The second-order valence-electron chi connectivity index (χ2n) is 8.10. The van der Waals surface area contributed by atoms with Crippen molar-refractivity contribution in [3.05, 3.63) is 64.7 Å². The molecule has 0 saturated carbocycles. The van der Waals surface area contributed by atoms with Crippen LogP contribution in [0.2, 0.25) is 0 Å². The summed E-state index contributed by atoms with van der Waals surface area (Å²) >= 11 is 0. The third-order valence-corrected chi connectivity index (χ3v) is 5.20. The summed E-state index contributed by atoms with van der Waals surface area (Å²) in [7, 11) is 0. The summed E-state index contributed by atoms with van der Waals surface area (Å²) in [5.74, 6) is -2.82. The molecule has 1 atom stereocenters. The van der Waals surface area contributed by atoms with Crippen molar-refractivity contribution in [2.75, 3.05) is 25.0 Å². The molecule has 0 fully saturated rings. The van der Waals surface area contributed by atoms with Gasteiger partial charge in [-0.05, 0) is 42.0 Å². The maximum absolute atomic E-state index is 13.2. The van der Waals surface area contributed by atoms with E-state index >= 15 is 0 Å². The largest absolute Gasteiger partial charge is 0.481 e. The van der Waals surface area contributed by atoms with Crippen molar-refractivity contribution in [1.29, 1.82) is 0 Å². The number of alkyl halides is 6. The van der Waals surface area contributed by atoms with Gasteiger partial charge in [-0.1, -0.05) is 6.07 Å². The van der Waals surface area contributed by atoms with Gasteiger partial charge in [-0.25, -0.2) is 0 Å². The normalized spacial score (nSPS) is 14.2. The van der Waals surface area contributed by atoms with E-state index in [4.69, 9.17) is 5.11 Å². The lowest BCUT2D eigenvalue weighted by atomic mass is 9.97. The zero-order valence-electron chi connectivity index (χ0n) is 19.3. The molecule has 2 aromatic rings. The number of benzene rings is 2. The molecule has 0 spiro atoms. The van der Waals surface area contributed by atoms with Crippen LogP contribution in [0.1, 0.15) is 39.5 Å². The Balaban J connectivity index is 1.72. The molecule has 38 heavy (non-hydrogen) atoms. The topological polar surface area (TPSA) is 132 Å². The number of carboxylic acids is 1. The molecule has 2 aromatic carbocycles. The van der Waals surface area contributed by atoms with Gasteiger partial charge in [-0.15, -0.1) is 0 Å². The molecule has 1 heterocycles. The summed E-state index contributed by atoms with van der Waals surface area (Å²) in [6, 6.07) is 4.94. The van der Waals surface area contributed by atoms with Crippen molar-refractivity contribution in [1.82, 2.24) is 16.0 Å². The predicted molar refractivity (Wildman–Crippen MR) is 122 cm³/mol. The van der Waals surface area contributed by atoms with E-state index in [1.807, 2.05) is 0 Å². The molecule has 0 saturated heterocycles. The van der Waals surface area contributed by atoms with Crippen LogP contribution in [-0.4, -0.2) is 48.5 Å². The highest BCUT2D eigenvalue weighted by molar-refractivity contribution is 5.99. The van der Waals surface area contributed by atoms with E-state index in [9.17, 15) is 40.7 Å². The van der Waals surface area contributed by atoms with Crippen LogP contribution in [0.4, 0.5) is 32.0 Å². The number of nitrogens with zero attached hydrogens (tertiary/aromatic N) is 1. The number of aliphatic carboxylic acids is 1. The first-order valence-electron chi connectivity index (χ1n) is 11.0. The van der Waals surface area contributed by atoms with Crippen molar-refractivity contribution >= 4 is 29.4 Å². The first kappa shape index (κ1) is 28.3. The molecular weight excluding hydrogens is 524 g/mol. The van der Waals surface area contributed by atoms with Crippen molar-refractivity contribution in [2.24, 2.45) is 4.99 Å². The minimum absolute atomic E-state index is 0.109. The lowest BCUT2D eigenvalue weighted by molar-refractivity contribution is -0.143. The highest BCUT2D eigenvalue weighted by Crippen LogP contribution is 2.37. The zero-order valence-corrected chi connectivity index (χ0v) is 19.3. The van der Waals surface area contributed by atoms with E-state index in [1.165, 1.54) is 12.1 Å². The minimum atomic E-state index is -5.16. The molecule has 1 aliphatic rings. The number of carboxylic acid groups (broad SMARTS) is 1. The lowest BCUT2D eigenvalue weighted by Crippen LogP contribution is -2.39. The van der Waals surface area contributed by atoms with E-state index in [0.29, 0.717) is 36.9 Å². The third kappa shape index (κ3) is 7.85. The van der Waals surface area contributed by atoms with Gasteiger partial charge in [0.2, 0.25) is 5.91 Å². The van der Waals surface area contributed by atoms with E-state index in [1.54, 1.807) is 12.1 Å². The molecule has 5 N–H and O–H groups in total. The van der Waals surface area contributed by atoms with Crippen LogP contribution in [0, 0.1) is 0 Å². The Morgan fingerprint density at radius 2 is 1.66 bits per heavy atom. The SMILES string of the molecule is O=C(O)CC(NC(=O)CNC(=O)c1cccc(NC2=NCCN2)c1)c1cc(C(F)(F)F)cc(C(F)(F)F)c1. The van der Waals surface area contributed by atoms with Crippen LogP contribution in [-0.2, 0) is 21.9 Å². The van der Waals surface area contributed by atoms with Crippen LogP contribution in [0.5, 0.6) is 0 Å². The maximum atomic E-state index is 13.2. The number of rotatable bonds is 8. The number of aliphatic imine (C=N–C) groups is 1. The number of carbonyl (C=O) groups is 3. The first-order valence-corrected chi connectivity index (χ1v) is 11.0. The summed E-state index contributed by atoms with van der Waals surface area (Å²) in [5, 5.41) is 19.4. The molecule has 1 unspecified atom stereocenters. The Kier molecular flexibility index (Phi) is 8.48. The van der Waals surface area contributed by atoms with Gasteiger partial charge in [0.1, 0.15) is 0 Å². The predicted octanol–water partition coefficient (Wildman–Crippen LogP) is 3.16. The second-order valence-corrected chi connectivity index (χ2v) is 8.10. The van der Waals surface area contributed by atoms with Crippen molar-refractivity contribution in [3.63, 3.8) is 0 Å². The standard InChI is InChI=1S/C23H21F6N5O4/c24-22(25,26)14-6-13(7-15(9-14)23(27,28)29)17(10-19(36)37)34-18(35)11-32-20(38)12-2-1-3-16(8-12)33-21-30-4-5-31-21/h1-3,6-9,17H,4-5,10-11H2,(H,32,38)(H,34,35)(H,36,37)(H2,30,31,33). The third-order valence-electron chi connectivity index (χ3n) is 5.20. The maximum Gasteiger partial charge on any atom is 0.416 e. The fourth-order valence-electron chi connectivity index (χ4n) is 3.47. The van der Waals surface area contributed by atoms with Gasteiger partial charge in [0.25, 0.3) is 5.91 Å². The molecule has 1 aliphatic heterocycles. The Labute approximate surface area is 211 Å². The number of halogens is 6. The molecule has 204 valence electrons. The lowest BCUT2D eigenvalue weighted by Gasteiger charge is -2.21. The van der Waals surface area contributed by atoms with Gasteiger partial charge >= 0.3 is 18.3 Å². The molecule has 15 heteroatoms. The summed E-state index contributed by atoms with van der Waals surface area (Å²) in [4.78, 5) is 40.3. The van der Waals surface area contributed by atoms with Crippen LogP contribution >= 0.6 is 0 Å². The highest BCUT2D eigenvalue weighted by Gasteiger charge is 2.38. The van der Waals surface area contributed by atoms with Crippen LogP contribution in [0.25, 0.3) is 0 Å². The van der Waals surface area contributed by atoms with Gasteiger partial charge in [0.15, 0.2) is 5.96 Å². The second kappa shape index (κ2) is 11.4. The molecule has 0 radical (unpaired) electrons. The zero-order chi connectivity index (χ0) is 28.1. The van der Waals surface area contributed by atoms with Gasteiger partial charge in [0, 0.05) is 17.8 Å². The molecular formula is C23H21F6N5O4. The Morgan fingerprint density at radius 1 is 1.00 bits per heavy atom. The van der Waals surface area contributed by atoms with Gasteiger partial charge in [-0.2, -0.15) is 26.3 Å². The van der Waals surface area contributed by atoms with E-state index in [0.717, 1.165) is 0 Å². The van der Waals surface area contributed by atoms with Gasteiger partial charge in [0.05, 0.1) is 36.7 Å². The summed E-state index contributed by atoms with van der Waals surface area (Å²) in [6.45, 7) is 0.503. The number of carbonyl (C=O) groups excluding carboxylic acids is 2. The first-order chi connectivity index (χ1) is 17.7. The molecule has 2 amide bonds. The van der Waals surface area contributed by atoms with E-state index < -0.39 is 65.8 Å². The van der Waals surface area contributed by atoms with Crippen molar-refractivity contribution in [3.8, 4) is 0 Å². The molecule has 0 bridgehead atoms. The fraction of sp³-hybridized carbons (Fsp3) is 0.304. The van der Waals surface area contributed by atoms with Gasteiger partial charge < -0.3 is 26.4 Å². The Hall–Kier alpha value is -4.30. The number of hydrogen-bond acceptors (Lipinski definition) is 6. The molecule has 3 rings (SSSR count). The summed E-state index contributed by atoms with van der Waals surface area (Å²) in [6.07, 6.45) is -11.3. The fourth-order valence-corrected chi connectivity index (χ4v) is 3.47. The average Bonchev–Trinajstić information content (AvgIpc) is 3.33. The Bertz CT molecular complexity index is 1210. The van der Waals surface area contributed by atoms with E-state index in [2.05, 4.69) is 26.3 Å². The minimum Gasteiger partial charge on any atom is -0.481 e. The monoisotopic (exact) mass is 545 g/mol. The number of nitrogens with one attached hydrogen (secondary N) is 4. The Morgan fingerprint density at radius 3 is 2.21 bits per heavy atom. The number of hydrogen-bond donors (Lipinski definition) is 5. The number of guanidine groups is 1. The van der Waals surface area contributed by atoms with Gasteiger partial charge in [-0.3, -0.25) is 19.4 Å².